The molecule has 0 spiro atoms. The van der Waals surface area contributed by atoms with Crippen molar-refractivity contribution in [3.05, 3.63) is 63.6 Å². The molecular weight excluding hydrogens is 482 g/mol. The molecular formula is C19H17BrClN3O4S. The highest BCUT2D eigenvalue weighted by Gasteiger charge is 2.07. The van der Waals surface area contributed by atoms with Gasteiger partial charge in [-0.3, -0.25) is 25.8 Å². The highest BCUT2D eigenvalue weighted by atomic mass is 79.9. The van der Waals surface area contributed by atoms with Crippen LogP contribution in [0.3, 0.4) is 0 Å². The number of thiocarbonyl (C=S) groups is 1. The topological polar surface area (TPSA) is 88.7 Å². The number of ether oxygens (including phenoxy) is 2. The Morgan fingerprint density at radius 1 is 1.17 bits per heavy atom. The highest BCUT2D eigenvalue weighted by Crippen LogP contribution is 2.27. The van der Waals surface area contributed by atoms with Crippen LogP contribution in [0.15, 0.2) is 53.0 Å². The van der Waals surface area contributed by atoms with Crippen LogP contribution < -0.4 is 25.6 Å². The van der Waals surface area contributed by atoms with Crippen LogP contribution in [0.4, 0.5) is 0 Å². The Morgan fingerprint density at radius 2 is 1.90 bits per heavy atom. The Hall–Kier alpha value is -2.62. The second-order valence-corrected chi connectivity index (χ2v) is 7.16. The molecule has 0 bridgehead atoms. The molecule has 0 fully saturated rings. The predicted molar refractivity (Wildman–Crippen MR) is 119 cm³/mol. The van der Waals surface area contributed by atoms with E-state index in [4.69, 9.17) is 33.3 Å². The monoisotopic (exact) mass is 497 g/mol. The maximum Gasteiger partial charge on any atom is 0.276 e. The van der Waals surface area contributed by atoms with Gasteiger partial charge in [-0.05, 0) is 70.1 Å². The van der Waals surface area contributed by atoms with Gasteiger partial charge in [0.2, 0.25) is 5.91 Å². The number of carbonyl (C=O) groups excluding carboxylic acids is 2. The first-order valence-corrected chi connectivity index (χ1v) is 9.75. The van der Waals surface area contributed by atoms with Crippen LogP contribution in [0.1, 0.15) is 5.56 Å². The molecule has 2 aromatic carbocycles. The summed E-state index contributed by atoms with van der Waals surface area (Å²) in [6.45, 7) is -0.263. The Kier molecular flexibility index (Phi) is 8.91. The minimum absolute atomic E-state index is 0.0598. The number of carbonyl (C=O) groups is 2. The van der Waals surface area contributed by atoms with E-state index >= 15 is 0 Å². The fourth-order valence-electron chi connectivity index (χ4n) is 1.97. The molecule has 2 aromatic rings. The molecule has 0 aromatic heterocycles. The zero-order valence-electron chi connectivity index (χ0n) is 15.2. The van der Waals surface area contributed by atoms with E-state index in [2.05, 4.69) is 32.1 Å². The van der Waals surface area contributed by atoms with Crippen LogP contribution in [0, 0.1) is 0 Å². The number of methoxy groups -OCH3 is 1. The molecule has 2 rings (SSSR count). The SMILES string of the molecule is COc1ccc(/C=C/C(=O)NC(=S)NNC(=O)COc2ccc(Cl)cc2Br)cc1. The molecule has 0 heterocycles. The van der Waals surface area contributed by atoms with Gasteiger partial charge in [-0.25, -0.2) is 0 Å². The second-order valence-electron chi connectivity index (χ2n) is 5.46. The maximum absolute atomic E-state index is 11.9. The van der Waals surface area contributed by atoms with Crippen molar-refractivity contribution >= 4 is 62.8 Å². The van der Waals surface area contributed by atoms with E-state index in [-0.39, 0.29) is 11.7 Å². The van der Waals surface area contributed by atoms with Gasteiger partial charge in [-0.15, -0.1) is 0 Å². The number of amides is 2. The minimum atomic E-state index is -0.489. The standard InChI is InChI=1S/C19H17BrClN3O4S/c1-27-14-6-2-12(3-7-14)4-9-17(25)22-19(29)24-23-18(26)11-28-16-8-5-13(21)10-15(16)20/h2-10H,11H2,1H3,(H,23,26)(H2,22,24,25,29)/b9-4+. The fraction of sp³-hybridized carbons (Fsp3) is 0.105. The number of benzene rings is 2. The third-order valence-electron chi connectivity index (χ3n) is 3.35. The average molecular weight is 499 g/mol. The van der Waals surface area contributed by atoms with Crippen LogP contribution in [-0.2, 0) is 9.59 Å². The molecule has 0 radical (unpaired) electrons. The molecule has 3 N–H and O–H groups in total. The molecule has 0 saturated carbocycles. The van der Waals surface area contributed by atoms with E-state index in [1.165, 1.54) is 6.08 Å². The van der Waals surface area contributed by atoms with Crippen molar-refractivity contribution in [1.29, 1.82) is 0 Å². The number of hydrogen-bond donors (Lipinski definition) is 3. The quantitative estimate of drug-likeness (QED) is 0.322. The lowest BCUT2D eigenvalue weighted by atomic mass is 10.2. The fourth-order valence-corrected chi connectivity index (χ4v) is 2.92. The first-order valence-electron chi connectivity index (χ1n) is 8.17. The molecule has 2 amide bonds. The summed E-state index contributed by atoms with van der Waals surface area (Å²) in [7, 11) is 1.58. The summed E-state index contributed by atoms with van der Waals surface area (Å²) in [6, 6.07) is 12.1. The van der Waals surface area contributed by atoms with Crippen LogP contribution in [0.2, 0.25) is 5.02 Å². The van der Waals surface area contributed by atoms with Crippen molar-refractivity contribution in [2.75, 3.05) is 13.7 Å². The van der Waals surface area contributed by atoms with Gasteiger partial charge in [0, 0.05) is 11.1 Å². The van der Waals surface area contributed by atoms with Crippen LogP contribution in [-0.4, -0.2) is 30.6 Å². The number of rotatable bonds is 6. The molecule has 0 unspecified atom stereocenters. The van der Waals surface area contributed by atoms with Crippen molar-refractivity contribution in [2.24, 2.45) is 0 Å². The molecule has 152 valence electrons. The molecule has 0 aliphatic carbocycles. The number of nitrogens with one attached hydrogen (secondary N) is 3. The van der Waals surface area contributed by atoms with Gasteiger partial charge in [0.1, 0.15) is 11.5 Å². The largest absolute Gasteiger partial charge is 0.497 e. The average Bonchev–Trinajstić information content (AvgIpc) is 2.70. The Morgan fingerprint density at radius 3 is 2.55 bits per heavy atom. The molecule has 0 aliphatic heterocycles. The first kappa shape index (κ1) is 22.7. The lowest BCUT2D eigenvalue weighted by Gasteiger charge is -2.11. The summed E-state index contributed by atoms with van der Waals surface area (Å²) in [6.07, 6.45) is 2.94. The minimum Gasteiger partial charge on any atom is -0.497 e. The molecule has 0 atom stereocenters. The van der Waals surface area contributed by atoms with Crippen molar-refractivity contribution in [2.45, 2.75) is 0 Å². The lowest BCUT2D eigenvalue weighted by molar-refractivity contribution is -0.123. The van der Waals surface area contributed by atoms with E-state index in [1.807, 2.05) is 0 Å². The third-order valence-corrected chi connectivity index (χ3v) is 4.41. The van der Waals surface area contributed by atoms with Gasteiger partial charge in [0.05, 0.1) is 11.6 Å². The smallest absolute Gasteiger partial charge is 0.276 e. The van der Waals surface area contributed by atoms with E-state index < -0.39 is 11.8 Å². The summed E-state index contributed by atoms with van der Waals surface area (Å²) < 4.78 is 11.1. The van der Waals surface area contributed by atoms with Crippen molar-refractivity contribution in [3.8, 4) is 11.5 Å². The molecule has 7 nitrogen and oxygen atoms in total. The molecule has 10 heteroatoms. The Bertz CT molecular complexity index is 922. The van der Waals surface area contributed by atoms with Crippen LogP contribution in [0.5, 0.6) is 11.5 Å². The van der Waals surface area contributed by atoms with Crippen molar-refractivity contribution in [1.82, 2.24) is 16.2 Å². The second kappa shape index (κ2) is 11.4. The molecule has 0 aliphatic rings. The van der Waals surface area contributed by atoms with Gasteiger partial charge in [0.15, 0.2) is 11.7 Å². The van der Waals surface area contributed by atoms with Crippen molar-refractivity contribution in [3.63, 3.8) is 0 Å². The van der Waals surface area contributed by atoms with Gasteiger partial charge in [0.25, 0.3) is 5.91 Å². The first-order chi connectivity index (χ1) is 13.9. The summed E-state index contributed by atoms with van der Waals surface area (Å²) in [5.41, 5.74) is 5.57. The molecule has 29 heavy (non-hydrogen) atoms. The lowest BCUT2D eigenvalue weighted by Crippen LogP contribution is -2.49. The zero-order valence-corrected chi connectivity index (χ0v) is 18.4. The zero-order chi connectivity index (χ0) is 21.2. The maximum atomic E-state index is 11.9. The van der Waals surface area contributed by atoms with E-state index in [0.717, 1.165) is 11.3 Å². The summed E-state index contributed by atoms with van der Waals surface area (Å²) >= 11 is 14.1. The van der Waals surface area contributed by atoms with Gasteiger partial charge < -0.3 is 9.47 Å². The van der Waals surface area contributed by atoms with E-state index in [1.54, 1.807) is 55.7 Å². The predicted octanol–water partition coefficient (Wildman–Crippen LogP) is 3.23. The van der Waals surface area contributed by atoms with Crippen LogP contribution >= 0.6 is 39.7 Å². The van der Waals surface area contributed by atoms with Crippen molar-refractivity contribution < 1.29 is 19.1 Å². The van der Waals surface area contributed by atoms with Gasteiger partial charge >= 0.3 is 0 Å². The summed E-state index contributed by atoms with van der Waals surface area (Å²) in [4.78, 5) is 23.7. The van der Waals surface area contributed by atoms with Crippen LogP contribution in [0.25, 0.3) is 6.08 Å². The molecule has 0 saturated heterocycles. The normalized spacial score (nSPS) is 10.3. The highest BCUT2D eigenvalue weighted by molar-refractivity contribution is 9.10. The summed E-state index contributed by atoms with van der Waals surface area (Å²) in [5, 5.41) is 2.89. The third kappa shape index (κ3) is 8.10. The number of halogens is 2. The Labute approximate surface area is 186 Å². The van der Waals surface area contributed by atoms with E-state index in [0.29, 0.717) is 15.2 Å². The number of hydrazine groups is 1. The summed E-state index contributed by atoms with van der Waals surface area (Å²) in [5.74, 6) is 0.246. The van der Waals surface area contributed by atoms with E-state index in [9.17, 15) is 9.59 Å². The number of hydrogen-bond acceptors (Lipinski definition) is 5. The van der Waals surface area contributed by atoms with Gasteiger partial charge in [-0.2, -0.15) is 0 Å². The Balaban J connectivity index is 1.71. The van der Waals surface area contributed by atoms with Gasteiger partial charge in [-0.1, -0.05) is 23.7 Å².